The average Bonchev–Trinajstić information content (AvgIpc) is 2.11. The van der Waals surface area contributed by atoms with E-state index in [0.29, 0.717) is 12.5 Å². The zero-order chi connectivity index (χ0) is 10.3. The fourth-order valence-corrected chi connectivity index (χ4v) is 0.919. The zero-order valence-electron chi connectivity index (χ0n) is 9.05. The molecule has 0 saturated carbocycles. The summed E-state index contributed by atoms with van der Waals surface area (Å²) in [6.07, 6.45) is 0.729. The van der Waals surface area contributed by atoms with Gasteiger partial charge in [-0.3, -0.25) is 5.32 Å². The molecule has 0 aliphatic carbocycles. The summed E-state index contributed by atoms with van der Waals surface area (Å²) in [6.45, 7) is 7.65. The Kier molecular flexibility index (Phi) is 5.68. The summed E-state index contributed by atoms with van der Waals surface area (Å²) in [5.74, 6) is 0.565. The van der Waals surface area contributed by atoms with Crippen molar-refractivity contribution in [3.05, 3.63) is 0 Å². The van der Waals surface area contributed by atoms with Crippen molar-refractivity contribution in [1.82, 2.24) is 5.32 Å². The van der Waals surface area contributed by atoms with Crippen molar-refractivity contribution in [1.29, 1.82) is 5.26 Å². The highest BCUT2D eigenvalue weighted by molar-refractivity contribution is 5.03. The smallest absolute Gasteiger partial charge is 0.106 e. The highest BCUT2D eigenvalue weighted by Crippen LogP contribution is 2.08. The van der Waals surface area contributed by atoms with Crippen LogP contribution in [0.25, 0.3) is 0 Å². The minimum atomic E-state index is -0.444. The molecule has 3 heteroatoms. The van der Waals surface area contributed by atoms with Crippen LogP contribution in [0.1, 0.15) is 27.2 Å². The molecule has 0 aliphatic heterocycles. The average molecular weight is 184 g/mol. The second-order valence-electron chi connectivity index (χ2n) is 3.96. The van der Waals surface area contributed by atoms with Gasteiger partial charge in [0.1, 0.15) is 5.54 Å². The van der Waals surface area contributed by atoms with Crippen LogP contribution >= 0.6 is 0 Å². The van der Waals surface area contributed by atoms with E-state index >= 15 is 0 Å². The summed E-state index contributed by atoms with van der Waals surface area (Å²) < 4.78 is 4.96. The first-order chi connectivity index (χ1) is 6.04. The van der Waals surface area contributed by atoms with Crippen molar-refractivity contribution < 1.29 is 4.74 Å². The van der Waals surface area contributed by atoms with Crippen LogP contribution in [0.2, 0.25) is 0 Å². The van der Waals surface area contributed by atoms with E-state index in [1.807, 2.05) is 6.92 Å². The molecule has 1 unspecified atom stereocenters. The SMILES string of the molecule is COCCC(C)(C#N)NCC(C)C. The van der Waals surface area contributed by atoms with Crippen LogP contribution in [0.5, 0.6) is 0 Å². The molecule has 0 amide bonds. The van der Waals surface area contributed by atoms with E-state index in [1.165, 1.54) is 0 Å². The molecule has 3 nitrogen and oxygen atoms in total. The van der Waals surface area contributed by atoms with Crippen LogP contribution in [0.15, 0.2) is 0 Å². The van der Waals surface area contributed by atoms with Crippen LogP contribution in [0.3, 0.4) is 0 Å². The molecule has 0 heterocycles. The molecule has 0 saturated heterocycles. The maximum atomic E-state index is 8.96. The molecule has 1 atom stereocenters. The van der Waals surface area contributed by atoms with Crippen molar-refractivity contribution in [3.8, 4) is 6.07 Å². The summed E-state index contributed by atoms with van der Waals surface area (Å²) in [6, 6.07) is 2.28. The number of nitriles is 1. The second kappa shape index (κ2) is 5.95. The van der Waals surface area contributed by atoms with Gasteiger partial charge in [-0.25, -0.2) is 0 Å². The lowest BCUT2D eigenvalue weighted by Gasteiger charge is -2.23. The second-order valence-corrected chi connectivity index (χ2v) is 3.96. The maximum Gasteiger partial charge on any atom is 0.106 e. The van der Waals surface area contributed by atoms with E-state index < -0.39 is 5.54 Å². The van der Waals surface area contributed by atoms with Gasteiger partial charge in [0.2, 0.25) is 0 Å². The van der Waals surface area contributed by atoms with Gasteiger partial charge in [-0.15, -0.1) is 0 Å². The Labute approximate surface area is 81.1 Å². The van der Waals surface area contributed by atoms with E-state index in [9.17, 15) is 0 Å². The highest BCUT2D eigenvalue weighted by atomic mass is 16.5. The quantitative estimate of drug-likeness (QED) is 0.681. The lowest BCUT2D eigenvalue weighted by molar-refractivity contribution is 0.172. The number of methoxy groups -OCH3 is 1. The molecule has 0 aromatic heterocycles. The molecule has 76 valence electrons. The number of nitrogens with zero attached hydrogens (tertiary/aromatic N) is 1. The van der Waals surface area contributed by atoms with E-state index in [4.69, 9.17) is 10.00 Å². The van der Waals surface area contributed by atoms with Gasteiger partial charge in [0.05, 0.1) is 6.07 Å². The number of nitrogens with one attached hydrogen (secondary N) is 1. The molecule has 0 aliphatic rings. The molecule has 13 heavy (non-hydrogen) atoms. The topological polar surface area (TPSA) is 45.0 Å². The van der Waals surface area contributed by atoms with Gasteiger partial charge in [0, 0.05) is 20.1 Å². The van der Waals surface area contributed by atoms with Crippen molar-refractivity contribution in [2.24, 2.45) is 5.92 Å². The van der Waals surface area contributed by atoms with E-state index in [2.05, 4.69) is 25.2 Å². The lowest BCUT2D eigenvalue weighted by atomic mass is 9.99. The Balaban J connectivity index is 3.90. The molecular formula is C10H20N2O. The van der Waals surface area contributed by atoms with Crippen LogP contribution in [-0.4, -0.2) is 25.8 Å². The molecular weight excluding hydrogens is 164 g/mol. The highest BCUT2D eigenvalue weighted by Gasteiger charge is 2.22. The third-order valence-electron chi connectivity index (χ3n) is 1.95. The lowest BCUT2D eigenvalue weighted by Crippen LogP contribution is -2.43. The molecule has 0 fully saturated rings. The van der Waals surface area contributed by atoms with Crippen LogP contribution in [0.4, 0.5) is 0 Å². The first-order valence-corrected chi connectivity index (χ1v) is 4.69. The van der Waals surface area contributed by atoms with Crippen molar-refractivity contribution in [3.63, 3.8) is 0 Å². The molecule has 0 radical (unpaired) electrons. The molecule has 1 N–H and O–H groups in total. The summed E-state index contributed by atoms with van der Waals surface area (Å²) in [4.78, 5) is 0. The fourth-order valence-electron chi connectivity index (χ4n) is 0.919. The maximum absolute atomic E-state index is 8.96. The molecule has 0 aromatic rings. The third-order valence-corrected chi connectivity index (χ3v) is 1.95. The summed E-state index contributed by atoms with van der Waals surface area (Å²) in [7, 11) is 1.65. The molecule has 0 spiro atoms. The predicted octanol–water partition coefficient (Wildman–Crippen LogP) is 1.55. The van der Waals surface area contributed by atoms with Crippen molar-refractivity contribution in [2.45, 2.75) is 32.7 Å². The van der Waals surface area contributed by atoms with Crippen molar-refractivity contribution in [2.75, 3.05) is 20.3 Å². The normalized spacial score (nSPS) is 15.4. The minimum Gasteiger partial charge on any atom is -0.385 e. The van der Waals surface area contributed by atoms with Crippen LogP contribution < -0.4 is 5.32 Å². The van der Waals surface area contributed by atoms with E-state index in [1.54, 1.807) is 7.11 Å². The first-order valence-electron chi connectivity index (χ1n) is 4.69. The van der Waals surface area contributed by atoms with Crippen LogP contribution in [0, 0.1) is 17.2 Å². The van der Waals surface area contributed by atoms with Gasteiger partial charge in [-0.05, 0) is 19.4 Å². The van der Waals surface area contributed by atoms with Crippen LogP contribution in [-0.2, 0) is 4.74 Å². The van der Waals surface area contributed by atoms with E-state index in [-0.39, 0.29) is 0 Å². The number of hydrogen-bond donors (Lipinski definition) is 1. The first kappa shape index (κ1) is 12.4. The minimum absolute atomic E-state index is 0.444. The van der Waals surface area contributed by atoms with Gasteiger partial charge < -0.3 is 4.74 Å². The molecule has 0 aromatic carbocycles. The van der Waals surface area contributed by atoms with Crippen molar-refractivity contribution >= 4 is 0 Å². The Morgan fingerprint density at radius 3 is 2.54 bits per heavy atom. The number of ether oxygens (including phenoxy) is 1. The summed E-state index contributed by atoms with van der Waals surface area (Å²) in [5.41, 5.74) is -0.444. The monoisotopic (exact) mass is 184 g/mol. The summed E-state index contributed by atoms with van der Waals surface area (Å²) >= 11 is 0. The Bertz CT molecular complexity index is 174. The van der Waals surface area contributed by atoms with Gasteiger partial charge in [-0.1, -0.05) is 13.8 Å². The van der Waals surface area contributed by atoms with Gasteiger partial charge in [-0.2, -0.15) is 5.26 Å². The number of hydrogen-bond acceptors (Lipinski definition) is 3. The predicted molar refractivity (Wildman–Crippen MR) is 53.4 cm³/mol. The Hall–Kier alpha value is -0.590. The summed E-state index contributed by atoms with van der Waals surface area (Å²) in [5, 5.41) is 12.2. The van der Waals surface area contributed by atoms with Gasteiger partial charge in [0.15, 0.2) is 0 Å². The molecule has 0 bridgehead atoms. The van der Waals surface area contributed by atoms with Gasteiger partial charge >= 0.3 is 0 Å². The van der Waals surface area contributed by atoms with Gasteiger partial charge in [0.25, 0.3) is 0 Å². The zero-order valence-corrected chi connectivity index (χ0v) is 9.05. The molecule has 0 rings (SSSR count). The fraction of sp³-hybridized carbons (Fsp3) is 0.900. The third kappa shape index (κ3) is 5.62. The number of rotatable bonds is 6. The Morgan fingerprint density at radius 1 is 1.54 bits per heavy atom. The Morgan fingerprint density at radius 2 is 2.15 bits per heavy atom. The largest absolute Gasteiger partial charge is 0.385 e. The standard InChI is InChI=1S/C10H20N2O/c1-9(2)7-12-10(3,8-11)5-6-13-4/h9,12H,5-7H2,1-4H3. The van der Waals surface area contributed by atoms with E-state index in [0.717, 1.165) is 13.0 Å².